The van der Waals surface area contributed by atoms with Crippen molar-refractivity contribution in [3.05, 3.63) is 29.8 Å². The van der Waals surface area contributed by atoms with Gasteiger partial charge in [-0.25, -0.2) is 8.42 Å². The van der Waals surface area contributed by atoms with E-state index in [1.165, 1.54) is 12.1 Å². The molecule has 6 heteroatoms. The van der Waals surface area contributed by atoms with Crippen LogP contribution >= 0.6 is 0 Å². The number of hydrogen-bond acceptors (Lipinski definition) is 3. The Hall–Kier alpha value is -1.30. The summed E-state index contributed by atoms with van der Waals surface area (Å²) in [6.45, 7) is 0. The summed E-state index contributed by atoms with van der Waals surface area (Å²) in [4.78, 5) is 11.2. The fraction of sp³-hybridized carbons (Fsp3) is 0.417. The summed E-state index contributed by atoms with van der Waals surface area (Å²) >= 11 is 0. The lowest BCUT2D eigenvalue weighted by atomic mass is 10.1. The van der Waals surface area contributed by atoms with Crippen molar-refractivity contribution < 1.29 is 22.0 Å². The first-order chi connectivity index (χ1) is 8.43. The molecule has 0 heterocycles. The molecule has 0 aromatic heterocycles. The van der Waals surface area contributed by atoms with Gasteiger partial charge in [0.2, 0.25) is 9.84 Å². The standard InChI is InChI=1S/C12H12F2O3S/c13-12(14)18(16,17)11-4-2-1-3-9(11)7-10(15)8-5-6-8/h1-4,8,12H,5-7H2. The lowest BCUT2D eigenvalue weighted by Crippen LogP contribution is -2.15. The number of carbonyl (C=O) groups excluding carboxylic acids is 1. The number of benzene rings is 1. The van der Waals surface area contributed by atoms with E-state index in [1.54, 1.807) is 6.07 Å². The molecule has 0 unspecified atom stereocenters. The van der Waals surface area contributed by atoms with Gasteiger partial charge in [-0.2, -0.15) is 8.78 Å². The number of alkyl halides is 2. The van der Waals surface area contributed by atoms with Crippen LogP contribution in [-0.4, -0.2) is 20.0 Å². The van der Waals surface area contributed by atoms with Crippen molar-refractivity contribution in [1.82, 2.24) is 0 Å². The maximum absolute atomic E-state index is 12.5. The van der Waals surface area contributed by atoms with E-state index in [-0.39, 0.29) is 23.7 Å². The monoisotopic (exact) mass is 274 g/mol. The van der Waals surface area contributed by atoms with Gasteiger partial charge < -0.3 is 0 Å². The highest BCUT2D eigenvalue weighted by molar-refractivity contribution is 7.91. The molecule has 0 aliphatic heterocycles. The lowest BCUT2D eigenvalue weighted by molar-refractivity contribution is -0.119. The van der Waals surface area contributed by atoms with E-state index in [0.29, 0.717) is 0 Å². The third-order valence-corrected chi connectivity index (χ3v) is 4.39. The predicted molar refractivity (Wildman–Crippen MR) is 61.1 cm³/mol. The highest BCUT2D eigenvalue weighted by Crippen LogP contribution is 2.32. The Morgan fingerprint density at radius 3 is 2.44 bits per heavy atom. The minimum absolute atomic E-state index is 0.0210. The number of halogens is 2. The third kappa shape index (κ3) is 2.58. The molecule has 1 aromatic carbocycles. The first kappa shape index (κ1) is 13.1. The Kier molecular flexibility index (Phi) is 3.47. The average molecular weight is 274 g/mol. The van der Waals surface area contributed by atoms with Gasteiger partial charge in [0.1, 0.15) is 5.78 Å². The zero-order chi connectivity index (χ0) is 13.3. The zero-order valence-corrected chi connectivity index (χ0v) is 10.3. The maximum atomic E-state index is 12.5. The van der Waals surface area contributed by atoms with Gasteiger partial charge in [-0.05, 0) is 24.5 Å². The fourth-order valence-corrected chi connectivity index (χ4v) is 2.73. The Labute approximate surface area is 104 Å². The second-order valence-corrected chi connectivity index (χ2v) is 6.22. The Bertz CT molecular complexity index is 562. The average Bonchev–Trinajstić information content (AvgIpc) is 3.13. The van der Waals surface area contributed by atoms with Crippen molar-refractivity contribution in [3.8, 4) is 0 Å². The summed E-state index contributed by atoms with van der Waals surface area (Å²) in [5.41, 5.74) is 0.162. The lowest BCUT2D eigenvalue weighted by Gasteiger charge is -2.09. The molecular formula is C12H12F2O3S. The number of carbonyl (C=O) groups is 1. The summed E-state index contributed by atoms with van der Waals surface area (Å²) in [6.07, 6.45) is 1.53. The van der Waals surface area contributed by atoms with E-state index >= 15 is 0 Å². The van der Waals surface area contributed by atoms with Crippen molar-refractivity contribution >= 4 is 15.6 Å². The van der Waals surface area contributed by atoms with Crippen LogP contribution in [0.5, 0.6) is 0 Å². The van der Waals surface area contributed by atoms with Gasteiger partial charge in [-0.3, -0.25) is 4.79 Å². The van der Waals surface area contributed by atoms with Crippen LogP contribution in [0.25, 0.3) is 0 Å². The largest absolute Gasteiger partial charge is 0.341 e. The second-order valence-electron chi connectivity index (χ2n) is 4.33. The van der Waals surface area contributed by atoms with Gasteiger partial charge in [0.15, 0.2) is 0 Å². The molecule has 0 atom stereocenters. The molecule has 2 rings (SSSR count). The molecule has 0 spiro atoms. The zero-order valence-electron chi connectivity index (χ0n) is 9.47. The number of sulfone groups is 1. The van der Waals surface area contributed by atoms with Crippen molar-refractivity contribution in [1.29, 1.82) is 0 Å². The van der Waals surface area contributed by atoms with Gasteiger partial charge in [-0.1, -0.05) is 18.2 Å². The van der Waals surface area contributed by atoms with Crippen molar-refractivity contribution in [3.63, 3.8) is 0 Å². The number of ketones is 1. The molecule has 18 heavy (non-hydrogen) atoms. The number of rotatable bonds is 5. The van der Waals surface area contributed by atoms with Gasteiger partial charge in [0.25, 0.3) is 0 Å². The molecule has 3 nitrogen and oxygen atoms in total. The van der Waals surface area contributed by atoms with E-state index in [9.17, 15) is 22.0 Å². The van der Waals surface area contributed by atoms with E-state index in [2.05, 4.69) is 0 Å². The molecule has 0 amide bonds. The SMILES string of the molecule is O=C(Cc1ccccc1S(=O)(=O)C(F)F)C1CC1. The highest BCUT2D eigenvalue weighted by atomic mass is 32.2. The second kappa shape index (κ2) is 4.76. The maximum Gasteiger partial charge on any atom is 0.341 e. The normalized spacial score (nSPS) is 15.9. The van der Waals surface area contributed by atoms with Crippen molar-refractivity contribution in [2.24, 2.45) is 5.92 Å². The topological polar surface area (TPSA) is 51.2 Å². The molecule has 1 aliphatic rings. The van der Waals surface area contributed by atoms with Gasteiger partial charge in [0, 0.05) is 12.3 Å². The Balaban J connectivity index is 2.33. The molecule has 1 aliphatic carbocycles. The minimum Gasteiger partial charge on any atom is -0.299 e. The van der Waals surface area contributed by atoms with Crippen molar-refractivity contribution in [2.75, 3.05) is 0 Å². The molecule has 98 valence electrons. The minimum atomic E-state index is -4.64. The van der Waals surface area contributed by atoms with Crippen LogP contribution in [0, 0.1) is 5.92 Å². The molecule has 1 fully saturated rings. The highest BCUT2D eigenvalue weighted by Gasteiger charge is 2.32. The van der Waals surface area contributed by atoms with Crippen LogP contribution in [-0.2, 0) is 21.1 Å². The van der Waals surface area contributed by atoms with Crippen LogP contribution in [0.2, 0.25) is 0 Å². The Morgan fingerprint density at radius 2 is 1.89 bits per heavy atom. The predicted octanol–water partition coefficient (Wildman–Crippen LogP) is 2.20. The molecule has 1 aromatic rings. The Morgan fingerprint density at radius 1 is 1.28 bits per heavy atom. The summed E-state index contributed by atoms with van der Waals surface area (Å²) in [6, 6.07) is 5.45. The quantitative estimate of drug-likeness (QED) is 0.827. The van der Waals surface area contributed by atoms with Crippen LogP contribution in [0.15, 0.2) is 29.2 Å². The van der Waals surface area contributed by atoms with E-state index in [0.717, 1.165) is 18.9 Å². The van der Waals surface area contributed by atoms with Gasteiger partial charge >= 0.3 is 5.76 Å². The third-order valence-electron chi connectivity index (χ3n) is 2.91. The first-order valence-corrected chi connectivity index (χ1v) is 7.10. The van der Waals surface area contributed by atoms with Crippen LogP contribution in [0.3, 0.4) is 0 Å². The smallest absolute Gasteiger partial charge is 0.299 e. The molecule has 0 saturated heterocycles. The van der Waals surface area contributed by atoms with E-state index in [4.69, 9.17) is 0 Å². The summed E-state index contributed by atoms with van der Waals surface area (Å²) < 4.78 is 47.9. The number of Topliss-reactive ketones (excluding diaryl/α,β-unsaturated/α-hetero) is 1. The van der Waals surface area contributed by atoms with Crippen LogP contribution in [0.1, 0.15) is 18.4 Å². The van der Waals surface area contributed by atoms with Gasteiger partial charge in [0.05, 0.1) is 4.90 Å². The van der Waals surface area contributed by atoms with Crippen LogP contribution < -0.4 is 0 Å². The van der Waals surface area contributed by atoms with E-state index in [1.807, 2.05) is 0 Å². The first-order valence-electron chi connectivity index (χ1n) is 5.55. The summed E-state index contributed by atoms with van der Waals surface area (Å²) in [5, 5.41) is 0. The van der Waals surface area contributed by atoms with Crippen LogP contribution in [0.4, 0.5) is 8.78 Å². The number of hydrogen-bond donors (Lipinski definition) is 0. The fourth-order valence-electron chi connectivity index (χ4n) is 1.76. The molecular weight excluding hydrogens is 262 g/mol. The summed E-state index contributed by atoms with van der Waals surface area (Å²) in [5.74, 6) is -3.56. The molecule has 0 N–H and O–H groups in total. The molecule has 0 radical (unpaired) electrons. The van der Waals surface area contributed by atoms with E-state index < -0.39 is 20.5 Å². The molecule has 0 bridgehead atoms. The van der Waals surface area contributed by atoms with Crippen molar-refractivity contribution in [2.45, 2.75) is 29.9 Å². The summed E-state index contributed by atoms with van der Waals surface area (Å²) in [7, 11) is -4.64. The molecule has 1 saturated carbocycles. The van der Waals surface area contributed by atoms with Gasteiger partial charge in [-0.15, -0.1) is 0 Å².